The van der Waals surface area contributed by atoms with Crippen LogP contribution in [0.25, 0.3) is 11.1 Å². The van der Waals surface area contributed by atoms with Crippen LogP contribution in [0.5, 0.6) is 0 Å². The highest BCUT2D eigenvalue weighted by Gasteiger charge is 2.22. The summed E-state index contributed by atoms with van der Waals surface area (Å²) >= 11 is 0. The van der Waals surface area contributed by atoms with Crippen molar-refractivity contribution >= 4 is 0 Å². The minimum Gasteiger partial charge on any atom is -0.204 e. The normalized spacial score (nSPS) is 20.0. The van der Waals surface area contributed by atoms with Crippen molar-refractivity contribution in [2.24, 2.45) is 5.92 Å². The van der Waals surface area contributed by atoms with Crippen molar-refractivity contribution in [3.05, 3.63) is 71.6 Å². The van der Waals surface area contributed by atoms with Gasteiger partial charge in [-0.2, -0.15) is 8.78 Å². The maximum Gasteiger partial charge on any atom is 0.266 e. The summed E-state index contributed by atoms with van der Waals surface area (Å²) in [5.74, 6) is -3.22. The van der Waals surface area contributed by atoms with Crippen LogP contribution in [-0.2, 0) is 0 Å². The minimum absolute atomic E-state index is 0.289. The Morgan fingerprint density at radius 3 is 1.96 bits per heavy atom. The summed E-state index contributed by atoms with van der Waals surface area (Å²) < 4.78 is 64.2. The molecule has 2 aromatic rings. The smallest absolute Gasteiger partial charge is 0.204 e. The largest absolute Gasteiger partial charge is 0.266 e. The van der Waals surface area contributed by atoms with Crippen LogP contribution in [0.4, 0.5) is 22.0 Å². The molecule has 0 nitrogen and oxygen atoms in total. The van der Waals surface area contributed by atoms with Crippen molar-refractivity contribution in [3.8, 4) is 11.1 Å². The van der Waals surface area contributed by atoms with Gasteiger partial charge >= 0.3 is 0 Å². The van der Waals surface area contributed by atoms with E-state index in [2.05, 4.69) is 0 Å². The quantitative estimate of drug-likeness (QED) is 0.396. The molecule has 0 unspecified atom stereocenters. The van der Waals surface area contributed by atoms with Crippen molar-refractivity contribution < 1.29 is 22.0 Å². The molecule has 1 saturated carbocycles. The van der Waals surface area contributed by atoms with Gasteiger partial charge in [-0.1, -0.05) is 24.3 Å². The molecular weight excluding hydrogens is 347 g/mol. The maximum absolute atomic E-state index is 13.4. The molecule has 0 bridgehead atoms. The number of allylic oxidation sites excluding steroid dienone is 1. The standard InChI is InChI=1S/C21H19F5/c22-18-11-17(12-19(23)21(18)26)16-8-6-15(7-9-16)14-4-1-13(2-5-14)3-10-20(24)25/h6-14H,1-5H2. The molecule has 26 heavy (non-hydrogen) atoms. The van der Waals surface area contributed by atoms with E-state index in [4.69, 9.17) is 0 Å². The molecule has 0 atom stereocenters. The summed E-state index contributed by atoms with van der Waals surface area (Å²) in [5.41, 5.74) is 2.03. The Hall–Kier alpha value is -2.17. The molecule has 2 aromatic carbocycles. The summed E-state index contributed by atoms with van der Waals surface area (Å²) in [6.07, 6.45) is 3.50. The molecule has 0 spiro atoms. The van der Waals surface area contributed by atoms with Crippen LogP contribution in [0, 0.1) is 23.4 Å². The Labute approximate surface area is 149 Å². The molecule has 0 heterocycles. The van der Waals surface area contributed by atoms with E-state index in [0.29, 0.717) is 23.8 Å². The Morgan fingerprint density at radius 2 is 1.42 bits per heavy atom. The fourth-order valence-corrected chi connectivity index (χ4v) is 3.66. The van der Waals surface area contributed by atoms with Crippen LogP contribution in [-0.4, -0.2) is 0 Å². The van der Waals surface area contributed by atoms with Gasteiger partial charge in [0.25, 0.3) is 6.08 Å². The number of rotatable bonds is 4. The van der Waals surface area contributed by atoms with E-state index in [1.807, 2.05) is 12.1 Å². The third-order valence-electron chi connectivity index (χ3n) is 5.15. The molecule has 138 valence electrons. The third-order valence-corrected chi connectivity index (χ3v) is 5.15. The van der Waals surface area contributed by atoms with Gasteiger partial charge in [0.15, 0.2) is 17.5 Å². The first kappa shape index (κ1) is 18.6. The van der Waals surface area contributed by atoms with Gasteiger partial charge in [0.1, 0.15) is 0 Å². The summed E-state index contributed by atoms with van der Waals surface area (Å²) in [6.45, 7) is 0. The predicted molar refractivity (Wildman–Crippen MR) is 91.4 cm³/mol. The zero-order valence-corrected chi connectivity index (χ0v) is 14.1. The van der Waals surface area contributed by atoms with Crippen molar-refractivity contribution in [1.29, 1.82) is 0 Å². The Balaban J connectivity index is 1.66. The van der Waals surface area contributed by atoms with Gasteiger partial charge in [0.05, 0.1) is 0 Å². The van der Waals surface area contributed by atoms with Crippen molar-refractivity contribution in [3.63, 3.8) is 0 Å². The average molecular weight is 366 g/mol. The second kappa shape index (κ2) is 8.02. The lowest BCUT2D eigenvalue weighted by atomic mass is 9.77. The van der Waals surface area contributed by atoms with Gasteiger partial charge in [-0.05, 0) is 78.8 Å². The average Bonchev–Trinajstić information content (AvgIpc) is 2.64. The molecular formula is C21H19F5. The van der Waals surface area contributed by atoms with Gasteiger partial charge in [-0.25, -0.2) is 13.2 Å². The SMILES string of the molecule is FC(F)=CCC1CCC(c2ccc(-c3cc(F)c(F)c(F)c3)cc2)CC1. The maximum atomic E-state index is 13.4. The van der Waals surface area contributed by atoms with E-state index >= 15 is 0 Å². The molecule has 1 fully saturated rings. The first-order valence-corrected chi connectivity index (χ1v) is 8.70. The lowest BCUT2D eigenvalue weighted by Crippen LogP contribution is -2.12. The van der Waals surface area contributed by atoms with E-state index in [1.54, 1.807) is 12.1 Å². The van der Waals surface area contributed by atoms with E-state index in [-0.39, 0.29) is 5.56 Å². The molecule has 0 N–H and O–H groups in total. The molecule has 3 rings (SSSR count). The first-order chi connectivity index (χ1) is 12.4. The van der Waals surface area contributed by atoms with E-state index in [9.17, 15) is 22.0 Å². The second-order valence-corrected chi connectivity index (χ2v) is 6.82. The number of hydrogen-bond donors (Lipinski definition) is 0. The Bertz CT molecular complexity index is 760. The molecule has 0 aromatic heterocycles. The van der Waals surface area contributed by atoms with Gasteiger partial charge in [0.2, 0.25) is 0 Å². The zero-order chi connectivity index (χ0) is 18.7. The Kier molecular flexibility index (Phi) is 5.74. The van der Waals surface area contributed by atoms with E-state index < -0.39 is 23.5 Å². The van der Waals surface area contributed by atoms with Crippen LogP contribution in [0.15, 0.2) is 48.6 Å². The van der Waals surface area contributed by atoms with Gasteiger partial charge in [0, 0.05) is 0 Å². The van der Waals surface area contributed by atoms with Crippen LogP contribution in [0.1, 0.15) is 43.6 Å². The van der Waals surface area contributed by atoms with Crippen LogP contribution in [0.2, 0.25) is 0 Å². The van der Waals surface area contributed by atoms with Crippen LogP contribution in [0.3, 0.4) is 0 Å². The molecule has 0 radical (unpaired) electrons. The first-order valence-electron chi connectivity index (χ1n) is 8.70. The highest BCUT2D eigenvalue weighted by molar-refractivity contribution is 5.64. The zero-order valence-electron chi connectivity index (χ0n) is 14.1. The summed E-state index contributed by atoms with van der Waals surface area (Å²) in [7, 11) is 0. The molecule has 1 aliphatic rings. The molecule has 0 amide bonds. The minimum atomic E-state index is -1.61. The van der Waals surface area contributed by atoms with Crippen LogP contribution >= 0.6 is 0 Å². The topological polar surface area (TPSA) is 0 Å². The fraction of sp³-hybridized carbons (Fsp3) is 0.333. The lowest BCUT2D eigenvalue weighted by Gasteiger charge is -2.28. The van der Waals surface area contributed by atoms with Gasteiger partial charge in [-0.3, -0.25) is 0 Å². The van der Waals surface area contributed by atoms with Crippen molar-refractivity contribution in [1.82, 2.24) is 0 Å². The summed E-state index contributed by atoms with van der Waals surface area (Å²) in [6, 6.07) is 9.34. The van der Waals surface area contributed by atoms with E-state index in [0.717, 1.165) is 49.5 Å². The fourth-order valence-electron chi connectivity index (χ4n) is 3.66. The predicted octanol–water partition coefficient (Wildman–Crippen LogP) is 7.22. The van der Waals surface area contributed by atoms with E-state index in [1.165, 1.54) is 0 Å². The lowest BCUT2D eigenvalue weighted by molar-refractivity contribution is 0.322. The van der Waals surface area contributed by atoms with Crippen molar-refractivity contribution in [2.75, 3.05) is 0 Å². The van der Waals surface area contributed by atoms with Crippen LogP contribution < -0.4 is 0 Å². The Morgan fingerprint density at radius 1 is 0.846 bits per heavy atom. The third kappa shape index (κ3) is 4.32. The second-order valence-electron chi connectivity index (χ2n) is 6.82. The van der Waals surface area contributed by atoms with Gasteiger partial charge < -0.3 is 0 Å². The summed E-state index contributed by atoms with van der Waals surface area (Å²) in [4.78, 5) is 0. The highest BCUT2D eigenvalue weighted by atomic mass is 19.3. The molecule has 0 saturated heterocycles. The molecule has 1 aliphatic carbocycles. The monoisotopic (exact) mass is 366 g/mol. The number of halogens is 5. The summed E-state index contributed by atoms with van der Waals surface area (Å²) in [5, 5.41) is 0. The van der Waals surface area contributed by atoms with Crippen molar-refractivity contribution in [2.45, 2.75) is 38.0 Å². The number of hydrogen-bond acceptors (Lipinski definition) is 0. The molecule has 5 heteroatoms. The van der Waals surface area contributed by atoms with Gasteiger partial charge in [-0.15, -0.1) is 0 Å². The number of benzene rings is 2. The molecule has 0 aliphatic heterocycles. The highest BCUT2D eigenvalue weighted by Crippen LogP contribution is 2.38.